The molecule has 1 aromatic heterocycles. The van der Waals surface area contributed by atoms with E-state index < -0.39 is 0 Å². The highest BCUT2D eigenvalue weighted by Crippen LogP contribution is 2.32. The first-order chi connectivity index (χ1) is 9.71. The van der Waals surface area contributed by atoms with Gasteiger partial charge in [0.15, 0.2) is 0 Å². The molecule has 1 aliphatic heterocycles. The molecule has 0 unspecified atom stereocenters. The number of hydrogen-bond acceptors (Lipinski definition) is 4. The van der Waals surface area contributed by atoms with Gasteiger partial charge in [-0.25, -0.2) is 9.97 Å². The van der Waals surface area contributed by atoms with Crippen LogP contribution in [0, 0.1) is 5.41 Å². The number of nitrogens with zero attached hydrogens (tertiary/aromatic N) is 3. The second kappa shape index (κ2) is 5.82. The van der Waals surface area contributed by atoms with Gasteiger partial charge in [0, 0.05) is 31.1 Å². The van der Waals surface area contributed by atoms with E-state index in [0.29, 0.717) is 5.41 Å². The van der Waals surface area contributed by atoms with Crippen LogP contribution in [0.4, 0.5) is 11.6 Å². The van der Waals surface area contributed by atoms with E-state index in [4.69, 9.17) is 4.98 Å². The minimum Gasteiger partial charge on any atom is -0.370 e. The summed E-state index contributed by atoms with van der Waals surface area (Å²) in [5, 5.41) is 3.34. The lowest BCUT2D eigenvalue weighted by Crippen LogP contribution is -2.40. The van der Waals surface area contributed by atoms with Crippen LogP contribution in [0.2, 0.25) is 0 Å². The molecule has 4 nitrogen and oxygen atoms in total. The van der Waals surface area contributed by atoms with Crippen LogP contribution in [0.15, 0.2) is 6.07 Å². The largest absolute Gasteiger partial charge is 0.370 e. The lowest BCUT2D eigenvalue weighted by molar-refractivity contribution is 0.292. The molecule has 21 heavy (non-hydrogen) atoms. The molecule has 1 fully saturated rings. The van der Waals surface area contributed by atoms with Crippen molar-refractivity contribution in [1.29, 1.82) is 0 Å². The third kappa shape index (κ3) is 4.08. The van der Waals surface area contributed by atoms with Crippen LogP contribution < -0.4 is 10.2 Å². The van der Waals surface area contributed by atoms with Gasteiger partial charge in [0.05, 0.1) is 0 Å². The third-order valence-corrected chi connectivity index (χ3v) is 3.97. The average molecular weight is 290 g/mol. The maximum Gasteiger partial charge on any atom is 0.138 e. The second-order valence-electron chi connectivity index (χ2n) is 7.90. The van der Waals surface area contributed by atoms with Gasteiger partial charge in [-0.3, -0.25) is 0 Å². The number of aromatic nitrogens is 2. The molecule has 0 saturated carbocycles. The van der Waals surface area contributed by atoms with Crippen LogP contribution in [0.25, 0.3) is 0 Å². The van der Waals surface area contributed by atoms with E-state index in [0.717, 1.165) is 37.1 Å². The zero-order chi connectivity index (χ0) is 15.7. The topological polar surface area (TPSA) is 41.0 Å². The van der Waals surface area contributed by atoms with Gasteiger partial charge < -0.3 is 10.2 Å². The molecule has 0 bridgehead atoms. The summed E-state index contributed by atoms with van der Waals surface area (Å²) in [6.45, 7) is 16.3. The fourth-order valence-corrected chi connectivity index (χ4v) is 2.82. The first-order valence-electron chi connectivity index (χ1n) is 8.10. The van der Waals surface area contributed by atoms with Crippen LogP contribution in [0.1, 0.15) is 60.2 Å². The Bertz CT molecular complexity index is 488. The van der Waals surface area contributed by atoms with Gasteiger partial charge in [0.1, 0.15) is 17.5 Å². The Morgan fingerprint density at radius 3 is 2.57 bits per heavy atom. The maximum atomic E-state index is 4.85. The normalized spacial score (nSPS) is 18.7. The van der Waals surface area contributed by atoms with Crippen LogP contribution >= 0.6 is 0 Å². The molecule has 0 spiro atoms. The van der Waals surface area contributed by atoms with Crippen molar-refractivity contribution in [2.24, 2.45) is 5.41 Å². The summed E-state index contributed by atoms with van der Waals surface area (Å²) in [5.74, 6) is 2.92. The molecule has 0 aliphatic carbocycles. The van der Waals surface area contributed by atoms with E-state index in [1.54, 1.807) is 0 Å². The Hall–Kier alpha value is -1.32. The fraction of sp³-hybridized carbons (Fsp3) is 0.765. The highest BCUT2D eigenvalue weighted by Gasteiger charge is 2.28. The monoisotopic (exact) mass is 290 g/mol. The van der Waals surface area contributed by atoms with E-state index in [1.165, 1.54) is 12.8 Å². The zero-order valence-electron chi connectivity index (χ0n) is 14.5. The van der Waals surface area contributed by atoms with Crippen LogP contribution in [0.3, 0.4) is 0 Å². The molecule has 2 heterocycles. The van der Waals surface area contributed by atoms with Gasteiger partial charge in [-0.1, -0.05) is 34.6 Å². The Balaban J connectivity index is 2.35. The number of hydrogen-bond donors (Lipinski definition) is 1. The molecular formula is C17H30N4. The molecule has 0 atom stereocenters. The van der Waals surface area contributed by atoms with Crippen LogP contribution in [0.5, 0.6) is 0 Å². The highest BCUT2D eigenvalue weighted by atomic mass is 15.2. The summed E-state index contributed by atoms with van der Waals surface area (Å²) < 4.78 is 0. The van der Waals surface area contributed by atoms with Crippen molar-refractivity contribution in [3.8, 4) is 0 Å². The Kier molecular flexibility index (Phi) is 4.45. The molecule has 1 saturated heterocycles. The number of nitrogens with one attached hydrogen (secondary N) is 1. The molecule has 4 heteroatoms. The molecule has 0 radical (unpaired) electrons. The minimum atomic E-state index is -0.0362. The van der Waals surface area contributed by atoms with Crippen molar-refractivity contribution < 1.29 is 0 Å². The predicted molar refractivity (Wildman–Crippen MR) is 90.1 cm³/mol. The van der Waals surface area contributed by atoms with E-state index >= 15 is 0 Å². The number of piperidine rings is 1. The SMILES string of the molecule is CCNc1cc(N2CCCC(C)(C)C2)nc(C(C)(C)C)n1. The summed E-state index contributed by atoms with van der Waals surface area (Å²) in [4.78, 5) is 11.9. The molecule has 1 aromatic rings. The van der Waals surface area contributed by atoms with Crippen molar-refractivity contribution in [1.82, 2.24) is 9.97 Å². The molecular weight excluding hydrogens is 260 g/mol. The Labute approximate surface area is 129 Å². The van der Waals surface area contributed by atoms with Crippen molar-refractivity contribution >= 4 is 11.6 Å². The summed E-state index contributed by atoms with van der Waals surface area (Å²) in [6.07, 6.45) is 2.53. The van der Waals surface area contributed by atoms with Crippen LogP contribution in [-0.4, -0.2) is 29.6 Å². The molecule has 0 amide bonds. The Morgan fingerprint density at radius 2 is 2.00 bits per heavy atom. The molecule has 2 rings (SSSR count). The summed E-state index contributed by atoms with van der Waals surface area (Å²) in [6, 6.07) is 2.10. The summed E-state index contributed by atoms with van der Waals surface area (Å²) in [7, 11) is 0. The van der Waals surface area contributed by atoms with Crippen LogP contribution in [-0.2, 0) is 5.41 Å². The van der Waals surface area contributed by atoms with E-state index in [1.807, 2.05) is 0 Å². The van der Waals surface area contributed by atoms with Crippen molar-refractivity contribution in [2.45, 2.75) is 59.8 Å². The van der Waals surface area contributed by atoms with Gasteiger partial charge in [-0.05, 0) is 25.2 Å². The fourth-order valence-electron chi connectivity index (χ4n) is 2.82. The van der Waals surface area contributed by atoms with Crippen molar-refractivity contribution in [3.05, 3.63) is 11.9 Å². The second-order valence-corrected chi connectivity index (χ2v) is 7.90. The lowest BCUT2D eigenvalue weighted by atomic mass is 9.84. The van der Waals surface area contributed by atoms with E-state index in [-0.39, 0.29) is 5.41 Å². The molecule has 0 aromatic carbocycles. The zero-order valence-corrected chi connectivity index (χ0v) is 14.5. The average Bonchev–Trinajstić information content (AvgIpc) is 2.36. The van der Waals surface area contributed by atoms with Gasteiger partial charge in [-0.2, -0.15) is 0 Å². The number of rotatable bonds is 3. The maximum absolute atomic E-state index is 4.85. The predicted octanol–water partition coefficient (Wildman–Crippen LogP) is 3.83. The first kappa shape index (κ1) is 16.1. The number of anilines is 2. The van der Waals surface area contributed by atoms with E-state index in [2.05, 4.69) is 62.8 Å². The van der Waals surface area contributed by atoms with Gasteiger partial charge in [0.25, 0.3) is 0 Å². The minimum absolute atomic E-state index is 0.0362. The highest BCUT2D eigenvalue weighted by molar-refractivity contribution is 5.50. The van der Waals surface area contributed by atoms with E-state index in [9.17, 15) is 0 Å². The van der Waals surface area contributed by atoms with Crippen molar-refractivity contribution in [2.75, 3.05) is 29.9 Å². The first-order valence-corrected chi connectivity index (χ1v) is 8.10. The lowest BCUT2D eigenvalue weighted by Gasteiger charge is -2.39. The smallest absolute Gasteiger partial charge is 0.138 e. The summed E-state index contributed by atoms with van der Waals surface area (Å²) >= 11 is 0. The molecule has 1 aliphatic rings. The molecule has 118 valence electrons. The summed E-state index contributed by atoms with van der Waals surface area (Å²) in [5.41, 5.74) is 0.328. The van der Waals surface area contributed by atoms with Crippen molar-refractivity contribution in [3.63, 3.8) is 0 Å². The molecule has 1 N–H and O–H groups in total. The van der Waals surface area contributed by atoms with Gasteiger partial charge >= 0.3 is 0 Å². The van der Waals surface area contributed by atoms with Gasteiger partial charge in [-0.15, -0.1) is 0 Å². The Morgan fingerprint density at radius 1 is 1.29 bits per heavy atom. The quantitative estimate of drug-likeness (QED) is 0.918. The third-order valence-electron chi connectivity index (χ3n) is 3.97. The van der Waals surface area contributed by atoms with Gasteiger partial charge in [0.2, 0.25) is 0 Å². The standard InChI is InChI=1S/C17H30N4/c1-7-18-13-11-14(20-15(19-13)16(2,3)4)21-10-8-9-17(5,6)12-21/h11H,7-10,12H2,1-6H3,(H,18,19,20).